The molecule has 0 rings (SSSR count). The summed E-state index contributed by atoms with van der Waals surface area (Å²) in [7, 11) is 0. The molecule has 0 aliphatic carbocycles. The molecule has 9 heavy (non-hydrogen) atoms. The molecule has 0 unspecified atom stereocenters. The van der Waals surface area contributed by atoms with Crippen LogP contribution in [0.5, 0.6) is 0 Å². The predicted octanol–water partition coefficient (Wildman–Crippen LogP) is 1.65. The van der Waals surface area contributed by atoms with Gasteiger partial charge in [0.15, 0.2) is 0 Å². The Hall–Kier alpha value is 0.0934. The van der Waals surface area contributed by atoms with Crippen molar-refractivity contribution in [3.63, 3.8) is 0 Å². The largest absolute Gasteiger partial charge is 0.481 e. The zero-order valence-corrected chi connectivity index (χ0v) is 7.28. The fraction of sp³-hybridized carbons (Fsp3) is 0.833. The van der Waals surface area contributed by atoms with Crippen molar-refractivity contribution in [2.45, 2.75) is 32.6 Å². The first-order valence-corrected chi connectivity index (χ1v) is 2.99. The second kappa shape index (κ2) is 8.09. The van der Waals surface area contributed by atoms with Crippen LogP contribution in [0.15, 0.2) is 0 Å². The molecular weight excluding hydrogens is 205 g/mol. The van der Waals surface area contributed by atoms with Crippen molar-refractivity contribution >= 4 is 5.97 Å². The maximum atomic E-state index is 9.87. The number of carbonyl (C=O) groups is 1. The van der Waals surface area contributed by atoms with Gasteiger partial charge in [-0.1, -0.05) is 19.8 Å². The van der Waals surface area contributed by atoms with E-state index in [9.17, 15) is 4.79 Å². The maximum Gasteiger partial charge on any atom is 0.303 e. The molecule has 0 radical (unpaired) electrons. The molecule has 0 aromatic heterocycles. The maximum absolute atomic E-state index is 9.87. The van der Waals surface area contributed by atoms with Gasteiger partial charge in [0.1, 0.15) is 0 Å². The second-order valence-corrected chi connectivity index (χ2v) is 1.85. The molecule has 0 aromatic carbocycles. The number of unbranched alkanes of at least 4 members (excludes halogenated alkanes) is 2. The van der Waals surface area contributed by atoms with E-state index in [1.807, 2.05) is 0 Å². The molecule has 0 spiro atoms. The van der Waals surface area contributed by atoms with E-state index in [2.05, 4.69) is 6.92 Å². The minimum atomic E-state index is -0.682. The van der Waals surface area contributed by atoms with Crippen molar-refractivity contribution in [2.75, 3.05) is 0 Å². The Morgan fingerprint density at radius 1 is 1.44 bits per heavy atom. The normalized spacial score (nSPS) is 8.11. The first-order valence-electron chi connectivity index (χ1n) is 2.99. The molecule has 0 atom stereocenters. The molecule has 0 aliphatic rings. The molecule has 0 fully saturated rings. The molecular formula is C6H12O2Ru. The molecule has 1 N–H and O–H groups in total. The topological polar surface area (TPSA) is 37.3 Å². The van der Waals surface area contributed by atoms with Crippen LogP contribution in [0.2, 0.25) is 0 Å². The van der Waals surface area contributed by atoms with Crippen LogP contribution in [0.4, 0.5) is 0 Å². The van der Waals surface area contributed by atoms with Gasteiger partial charge >= 0.3 is 5.97 Å². The zero-order chi connectivity index (χ0) is 6.41. The summed E-state index contributed by atoms with van der Waals surface area (Å²) in [6.45, 7) is 2.06. The van der Waals surface area contributed by atoms with Gasteiger partial charge in [-0.3, -0.25) is 4.79 Å². The van der Waals surface area contributed by atoms with E-state index in [0.717, 1.165) is 19.3 Å². The molecule has 0 aromatic rings. The first kappa shape index (κ1) is 11.8. The van der Waals surface area contributed by atoms with E-state index in [1.54, 1.807) is 0 Å². The minimum absolute atomic E-state index is 0. The third-order valence-corrected chi connectivity index (χ3v) is 0.994. The van der Waals surface area contributed by atoms with E-state index >= 15 is 0 Å². The predicted molar refractivity (Wildman–Crippen MR) is 31.8 cm³/mol. The smallest absolute Gasteiger partial charge is 0.303 e. The molecule has 0 heterocycles. The molecule has 0 amide bonds. The minimum Gasteiger partial charge on any atom is -0.481 e. The summed E-state index contributed by atoms with van der Waals surface area (Å²) >= 11 is 0. The standard InChI is InChI=1S/C6H12O2.Ru/c1-2-3-4-5-6(7)8;/h2-5H2,1H3,(H,7,8);. The van der Waals surface area contributed by atoms with Crippen LogP contribution in [0, 0.1) is 0 Å². The Balaban J connectivity index is 0. The molecule has 56 valence electrons. The van der Waals surface area contributed by atoms with Crippen LogP contribution < -0.4 is 0 Å². The van der Waals surface area contributed by atoms with Crippen molar-refractivity contribution in [3.05, 3.63) is 0 Å². The third kappa shape index (κ3) is 11.6. The number of hydrogen-bond donors (Lipinski definition) is 1. The Morgan fingerprint density at radius 3 is 2.33 bits per heavy atom. The quantitative estimate of drug-likeness (QED) is 0.574. The number of carboxylic acid groups (broad SMARTS) is 1. The van der Waals surface area contributed by atoms with Gasteiger partial charge < -0.3 is 5.11 Å². The second-order valence-electron chi connectivity index (χ2n) is 1.85. The van der Waals surface area contributed by atoms with Gasteiger partial charge in [0.25, 0.3) is 0 Å². The van der Waals surface area contributed by atoms with Crippen LogP contribution in [0.25, 0.3) is 0 Å². The number of carboxylic acids is 1. The number of hydrogen-bond acceptors (Lipinski definition) is 1. The Morgan fingerprint density at radius 2 is 2.00 bits per heavy atom. The average molecular weight is 217 g/mol. The Kier molecular flexibility index (Phi) is 10.6. The number of aliphatic carboxylic acids is 1. The van der Waals surface area contributed by atoms with Crippen molar-refractivity contribution in [1.29, 1.82) is 0 Å². The fourth-order valence-corrected chi connectivity index (χ4v) is 0.526. The molecule has 0 saturated heterocycles. The molecule has 0 aliphatic heterocycles. The Labute approximate surface area is 68.4 Å². The summed E-state index contributed by atoms with van der Waals surface area (Å²) in [5.74, 6) is -0.682. The average Bonchev–Trinajstić information content (AvgIpc) is 1.66. The zero-order valence-electron chi connectivity index (χ0n) is 5.54. The number of rotatable bonds is 4. The van der Waals surface area contributed by atoms with Crippen molar-refractivity contribution < 1.29 is 29.4 Å². The van der Waals surface area contributed by atoms with Crippen LogP contribution in [0.3, 0.4) is 0 Å². The van der Waals surface area contributed by atoms with E-state index < -0.39 is 5.97 Å². The summed E-state index contributed by atoms with van der Waals surface area (Å²) in [5, 5.41) is 8.14. The Bertz CT molecular complexity index is 73.5. The molecule has 0 saturated carbocycles. The monoisotopic (exact) mass is 218 g/mol. The van der Waals surface area contributed by atoms with E-state index in [-0.39, 0.29) is 19.5 Å². The van der Waals surface area contributed by atoms with Gasteiger partial charge in [-0.25, -0.2) is 0 Å². The van der Waals surface area contributed by atoms with E-state index in [0.29, 0.717) is 6.42 Å². The SMILES string of the molecule is CCCCCC(=O)O.[Ru]. The van der Waals surface area contributed by atoms with E-state index in [1.165, 1.54) is 0 Å². The van der Waals surface area contributed by atoms with Crippen molar-refractivity contribution in [2.24, 2.45) is 0 Å². The molecule has 0 bridgehead atoms. The van der Waals surface area contributed by atoms with Gasteiger partial charge in [0.05, 0.1) is 0 Å². The van der Waals surface area contributed by atoms with Crippen molar-refractivity contribution in [3.8, 4) is 0 Å². The van der Waals surface area contributed by atoms with Crippen LogP contribution >= 0.6 is 0 Å². The summed E-state index contributed by atoms with van der Waals surface area (Å²) < 4.78 is 0. The van der Waals surface area contributed by atoms with Crippen LogP contribution in [-0.4, -0.2) is 11.1 Å². The summed E-state index contributed by atoms with van der Waals surface area (Å²) in [4.78, 5) is 9.87. The van der Waals surface area contributed by atoms with Crippen LogP contribution in [0.1, 0.15) is 32.6 Å². The van der Waals surface area contributed by atoms with E-state index in [4.69, 9.17) is 5.11 Å². The van der Waals surface area contributed by atoms with Crippen molar-refractivity contribution in [1.82, 2.24) is 0 Å². The van der Waals surface area contributed by atoms with Gasteiger partial charge in [-0.05, 0) is 6.42 Å². The summed E-state index contributed by atoms with van der Waals surface area (Å²) in [6, 6.07) is 0. The first-order chi connectivity index (χ1) is 3.77. The molecule has 2 nitrogen and oxygen atoms in total. The van der Waals surface area contributed by atoms with Crippen LogP contribution in [-0.2, 0) is 24.3 Å². The summed E-state index contributed by atoms with van der Waals surface area (Å²) in [5.41, 5.74) is 0. The van der Waals surface area contributed by atoms with Gasteiger partial charge in [0.2, 0.25) is 0 Å². The third-order valence-electron chi connectivity index (χ3n) is 0.994. The van der Waals surface area contributed by atoms with Gasteiger partial charge in [-0.2, -0.15) is 0 Å². The molecule has 3 heteroatoms. The summed E-state index contributed by atoms with van der Waals surface area (Å²) in [6.07, 6.45) is 3.28. The van der Waals surface area contributed by atoms with Gasteiger partial charge in [0, 0.05) is 25.9 Å². The van der Waals surface area contributed by atoms with Gasteiger partial charge in [-0.15, -0.1) is 0 Å². The fourth-order valence-electron chi connectivity index (χ4n) is 0.526.